The Morgan fingerprint density at radius 1 is 1.38 bits per heavy atom. The van der Waals surface area contributed by atoms with Crippen molar-refractivity contribution < 1.29 is 19.1 Å². The van der Waals surface area contributed by atoms with E-state index in [1.54, 1.807) is 23.2 Å². The van der Waals surface area contributed by atoms with E-state index in [1.807, 2.05) is 22.6 Å². The predicted molar refractivity (Wildman–Crippen MR) is 97.0 cm³/mol. The molecule has 0 aliphatic carbocycles. The van der Waals surface area contributed by atoms with Gasteiger partial charge in [-0.3, -0.25) is 0 Å². The van der Waals surface area contributed by atoms with Crippen LogP contribution >= 0.6 is 22.6 Å². The fourth-order valence-corrected chi connectivity index (χ4v) is 2.77. The van der Waals surface area contributed by atoms with Gasteiger partial charge < -0.3 is 14.3 Å². The maximum atomic E-state index is 11.6. The Hall–Kier alpha value is -0.183. The SMILES string of the molecule is CCOC(=O)/C(=C\I)C(O)/C=C/CO[Si](C)(C)C(C)(C)C. The summed E-state index contributed by atoms with van der Waals surface area (Å²) < 4.78 is 12.4. The molecule has 0 amide bonds. The van der Waals surface area contributed by atoms with E-state index in [-0.39, 0.29) is 17.2 Å². The van der Waals surface area contributed by atoms with Gasteiger partial charge in [-0.25, -0.2) is 4.79 Å². The van der Waals surface area contributed by atoms with Crippen LogP contribution in [0.15, 0.2) is 21.8 Å². The van der Waals surface area contributed by atoms with Gasteiger partial charge in [0.2, 0.25) is 0 Å². The number of esters is 1. The average molecular weight is 426 g/mol. The topological polar surface area (TPSA) is 55.8 Å². The molecule has 0 aromatic carbocycles. The van der Waals surface area contributed by atoms with Crippen molar-refractivity contribution in [3.05, 3.63) is 21.8 Å². The van der Waals surface area contributed by atoms with Crippen LogP contribution in [0.1, 0.15) is 27.7 Å². The van der Waals surface area contributed by atoms with Gasteiger partial charge in [-0.1, -0.05) is 55.5 Å². The van der Waals surface area contributed by atoms with E-state index >= 15 is 0 Å². The van der Waals surface area contributed by atoms with Crippen LogP contribution in [0.3, 0.4) is 0 Å². The van der Waals surface area contributed by atoms with Gasteiger partial charge in [-0.15, -0.1) is 0 Å². The van der Waals surface area contributed by atoms with Crippen molar-refractivity contribution in [3.63, 3.8) is 0 Å². The van der Waals surface area contributed by atoms with Gasteiger partial charge in [0.25, 0.3) is 0 Å². The molecule has 0 bridgehead atoms. The van der Waals surface area contributed by atoms with Gasteiger partial charge in [0, 0.05) is 0 Å². The molecule has 0 aliphatic heterocycles. The lowest BCUT2D eigenvalue weighted by Gasteiger charge is -2.35. The van der Waals surface area contributed by atoms with Crippen molar-refractivity contribution in [3.8, 4) is 0 Å². The number of ether oxygens (including phenoxy) is 1. The van der Waals surface area contributed by atoms with Crippen molar-refractivity contribution in [1.29, 1.82) is 0 Å². The molecule has 0 radical (unpaired) electrons. The van der Waals surface area contributed by atoms with Crippen molar-refractivity contribution in [2.24, 2.45) is 0 Å². The first-order chi connectivity index (χ1) is 9.56. The average Bonchev–Trinajstić information content (AvgIpc) is 2.34. The lowest BCUT2D eigenvalue weighted by atomic mass is 10.1. The second-order valence-corrected chi connectivity index (χ2v) is 11.7. The van der Waals surface area contributed by atoms with E-state index in [1.165, 1.54) is 0 Å². The van der Waals surface area contributed by atoms with Crippen LogP contribution in [0.5, 0.6) is 0 Å². The highest BCUT2D eigenvalue weighted by atomic mass is 127. The summed E-state index contributed by atoms with van der Waals surface area (Å²) in [6.45, 7) is 13.3. The van der Waals surface area contributed by atoms with E-state index in [4.69, 9.17) is 9.16 Å². The second-order valence-electron chi connectivity index (χ2n) is 6.23. The first-order valence-corrected chi connectivity index (χ1v) is 11.2. The summed E-state index contributed by atoms with van der Waals surface area (Å²) in [6.07, 6.45) is 2.35. The molecular weight excluding hydrogens is 399 g/mol. The molecule has 0 saturated heterocycles. The van der Waals surface area contributed by atoms with Crippen LogP contribution in [-0.2, 0) is 14.0 Å². The minimum Gasteiger partial charge on any atom is -0.463 e. The quantitative estimate of drug-likeness (QED) is 0.221. The molecule has 0 fully saturated rings. The summed E-state index contributed by atoms with van der Waals surface area (Å²) in [5.41, 5.74) is 0.237. The Labute approximate surface area is 142 Å². The molecule has 4 nitrogen and oxygen atoms in total. The zero-order valence-corrected chi connectivity index (χ0v) is 16.9. The number of carbonyl (C=O) groups is 1. The summed E-state index contributed by atoms with van der Waals surface area (Å²) >= 11 is 1.92. The fourth-order valence-electron chi connectivity index (χ4n) is 1.21. The molecule has 1 unspecified atom stereocenters. The number of carbonyl (C=O) groups excluding carboxylic acids is 1. The number of halogens is 1. The maximum absolute atomic E-state index is 11.6. The van der Waals surface area contributed by atoms with Crippen LogP contribution in [0, 0.1) is 0 Å². The van der Waals surface area contributed by atoms with Gasteiger partial charge in [-0.05, 0) is 29.1 Å². The fraction of sp³-hybridized carbons (Fsp3) is 0.667. The highest BCUT2D eigenvalue weighted by Gasteiger charge is 2.36. The van der Waals surface area contributed by atoms with E-state index in [2.05, 4.69) is 33.9 Å². The summed E-state index contributed by atoms with van der Waals surface area (Å²) in [7, 11) is -1.79. The molecule has 0 aliphatic rings. The third kappa shape index (κ3) is 7.08. The normalized spacial score (nSPS) is 15.3. The molecule has 0 aromatic rings. The molecular formula is C15H27IO4Si. The summed E-state index contributed by atoms with van der Waals surface area (Å²) in [6, 6.07) is 0. The third-order valence-corrected chi connectivity index (χ3v) is 8.78. The monoisotopic (exact) mass is 426 g/mol. The highest BCUT2D eigenvalue weighted by Crippen LogP contribution is 2.36. The summed E-state index contributed by atoms with van der Waals surface area (Å²) in [4.78, 5) is 11.6. The van der Waals surface area contributed by atoms with Crippen LogP contribution < -0.4 is 0 Å². The molecule has 0 saturated carbocycles. The van der Waals surface area contributed by atoms with Gasteiger partial charge in [0.05, 0.1) is 18.8 Å². The Bertz CT molecular complexity index is 397. The van der Waals surface area contributed by atoms with Crippen LogP contribution in [0.25, 0.3) is 0 Å². The molecule has 0 spiro atoms. The van der Waals surface area contributed by atoms with E-state index in [0.717, 1.165) is 0 Å². The Morgan fingerprint density at radius 2 is 1.95 bits per heavy atom. The van der Waals surface area contributed by atoms with Crippen LogP contribution in [-0.4, -0.2) is 38.7 Å². The maximum Gasteiger partial charge on any atom is 0.337 e. The number of aliphatic hydroxyl groups is 1. The lowest BCUT2D eigenvalue weighted by Crippen LogP contribution is -2.40. The smallest absolute Gasteiger partial charge is 0.337 e. The Morgan fingerprint density at radius 3 is 2.38 bits per heavy atom. The standard InChI is InChI=1S/C15H27IO4Si/c1-7-19-14(18)12(11-16)13(17)9-8-10-20-21(5,6)15(2,3)4/h8-9,11,13,17H,7,10H2,1-6H3/b9-8+,12-11-. The zero-order valence-electron chi connectivity index (χ0n) is 13.8. The van der Waals surface area contributed by atoms with Crippen molar-refractivity contribution >= 4 is 36.9 Å². The summed E-state index contributed by atoms with van der Waals surface area (Å²) in [5.74, 6) is -0.491. The zero-order chi connectivity index (χ0) is 16.7. The minimum atomic E-state index is -1.79. The Kier molecular flexibility index (Phi) is 8.99. The second kappa shape index (κ2) is 9.07. The molecule has 0 heterocycles. The van der Waals surface area contributed by atoms with Gasteiger partial charge in [-0.2, -0.15) is 0 Å². The van der Waals surface area contributed by atoms with Gasteiger partial charge in [0.1, 0.15) is 6.10 Å². The van der Waals surface area contributed by atoms with E-state index in [0.29, 0.717) is 6.61 Å². The number of aliphatic hydroxyl groups excluding tert-OH is 1. The molecule has 6 heteroatoms. The molecule has 21 heavy (non-hydrogen) atoms. The molecule has 0 rings (SSSR count). The van der Waals surface area contributed by atoms with E-state index in [9.17, 15) is 9.90 Å². The Balaban J connectivity index is 4.53. The first-order valence-electron chi connectivity index (χ1n) is 7.03. The van der Waals surface area contributed by atoms with Gasteiger partial charge in [0.15, 0.2) is 8.32 Å². The van der Waals surface area contributed by atoms with Crippen molar-refractivity contribution in [2.75, 3.05) is 13.2 Å². The molecule has 1 atom stereocenters. The summed E-state index contributed by atoms with van der Waals surface area (Å²) in [5, 5.41) is 10.1. The minimum absolute atomic E-state index is 0.150. The lowest BCUT2D eigenvalue weighted by molar-refractivity contribution is -0.139. The molecule has 122 valence electrons. The van der Waals surface area contributed by atoms with Gasteiger partial charge >= 0.3 is 5.97 Å². The van der Waals surface area contributed by atoms with E-state index < -0.39 is 20.4 Å². The van der Waals surface area contributed by atoms with Crippen LogP contribution in [0.2, 0.25) is 18.1 Å². The third-order valence-electron chi connectivity index (χ3n) is 3.61. The van der Waals surface area contributed by atoms with Crippen molar-refractivity contribution in [2.45, 2.75) is 51.9 Å². The molecule has 0 aromatic heterocycles. The number of hydrogen-bond donors (Lipinski definition) is 1. The predicted octanol–water partition coefficient (Wildman–Crippen LogP) is 3.81. The number of hydrogen-bond acceptors (Lipinski definition) is 4. The first kappa shape index (κ1) is 20.8. The number of rotatable bonds is 7. The van der Waals surface area contributed by atoms with Crippen LogP contribution in [0.4, 0.5) is 0 Å². The largest absolute Gasteiger partial charge is 0.463 e. The highest BCUT2D eigenvalue weighted by molar-refractivity contribution is 14.1. The molecule has 1 N–H and O–H groups in total. The van der Waals surface area contributed by atoms with Crippen molar-refractivity contribution in [1.82, 2.24) is 0 Å².